The lowest BCUT2D eigenvalue weighted by Gasteiger charge is -2.35. The summed E-state index contributed by atoms with van der Waals surface area (Å²) in [6.45, 7) is 2.38. The normalized spacial score (nSPS) is 16.4. The molecule has 2 amide bonds. The zero-order valence-corrected chi connectivity index (χ0v) is 18.7. The summed E-state index contributed by atoms with van der Waals surface area (Å²) < 4.78 is 5.70. The SMILES string of the molecule is CC1=C(c2nc(-c3ccccc3)no2)C(c2ccc(Cl)cc2)NC(=O)N1Cc1cccs1. The van der Waals surface area contributed by atoms with E-state index in [1.807, 2.05) is 66.9 Å². The van der Waals surface area contributed by atoms with E-state index < -0.39 is 6.04 Å². The third-order valence-electron chi connectivity index (χ3n) is 5.38. The summed E-state index contributed by atoms with van der Waals surface area (Å²) in [6.07, 6.45) is 0. The van der Waals surface area contributed by atoms with Crippen LogP contribution in [0.25, 0.3) is 17.0 Å². The number of nitrogens with one attached hydrogen (secondary N) is 1. The number of nitrogens with zero attached hydrogens (tertiary/aromatic N) is 3. The maximum atomic E-state index is 13.1. The van der Waals surface area contributed by atoms with E-state index in [0.717, 1.165) is 27.3 Å². The second-order valence-electron chi connectivity index (χ2n) is 7.39. The van der Waals surface area contributed by atoms with Crippen LogP contribution in [0.4, 0.5) is 4.79 Å². The Morgan fingerprint density at radius 1 is 1.09 bits per heavy atom. The van der Waals surface area contributed by atoms with E-state index >= 15 is 0 Å². The Bertz CT molecular complexity index is 1270. The third-order valence-corrected chi connectivity index (χ3v) is 6.50. The maximum absolute atomic E-state index is 13.1. The topological polar surface area (TPSA) is 71.3 Å². The molecule has 1 atom stereocenters. The predicted molar refractivity (Wildman–Crippen MR) is 125 cm³/mol. The van der Waals surface area contributed by atoms with Gasteiger partial charge in [0.25, 0.3) is 5.89 Å². The number of amides is 2. The van der Waals surface area contributed by atoms with Crippen LogP contribution in [-0.4, -0.2) is 21.1 Å². The predicted octanol–water partition coefficient (Wildman–Crippen LogP) is 6.15. The highest BCUT2D eigenvalue weighted by molar-refractivity contribution is 7.09. The second kappa shape index (κ2) is 8.61. The molecule has 0 saturated heterocycles. The number of allylic oxidation sites excluding steroid dienone is 1. The standard InChI is InChI=1S/C24H19ClN4O2S/c1-15-20(23-27-22(28-31-23)17-6-3-2-4-7-17)21(16-9-11-18(25)12-10-16)26-24(30)29(15)14-19-8-5-13-32-19/h2-13,21H,14H2,1H3,(H,26,30). The molecule has 1 aliphatic heterocycles. The molecule has 0 radical (unpaired) electrons. The first-order valence-corrected chi connectivity index (χ1v) is 11.3. The molecule has 1 N–H and O–H groups in total. The highest BCUT2D eigenvalue weighted by Crippen LogP contribution is 2.38. The minimum absolute atomic E-state index is 0.178. The monoisotopic (exact) mass is 462 g/mol. The molecule has 6 nitrogen and oxygen atoms in total. The Labute approximate surface area is 194 Å². The second-order valence-corrected chi connectivity index (χ2v) is 8.86. The van der Waals surface area contributed by atoms with E-state index in [1.165, 1.54) is 0 Å². The molecule has 0 bridgehead atoms. The van der Waals surface area contributed by atoms with Crippen LogP contribution in [0.2, 0.25) is 5.02 Å². The molecule has 1 unspecified atom stereocenters. The average molecular weight is 463 g/mol. The molecular weight excluding hydrogens is 444 g/mol. The van der Waals surface area contributed by atoms with Gasteiger partial charge in [0.05, 0.1) is 18.2 Å². The summed E-state index contributed by atoms with van der Waals surface area (Å²) in [5.41, 5.74) is 3.27. The van der Waals surface area contributed by atoms with Gasteiger partial charge in [0.1, 0.15) is 0 Å². The largest absolute Gasteiger partial charge is 0.334 e. The highest BCUT2D eigenvalue weighted by Gasteiger charge is 2.35. The van der Waals surface area contributed by atoms with E-state index in [-0.39, 0.29) is 6.03 Å². The van der Waals surface area contributed by atoms with E-state index in [1.54, 1.807) is 28.4 Å². The number of aromatic nitrogens is 2. The smallest absolute Gasteiger partial charge is 0.322 e. The van der Waals surface area contributed by atoms with E-state index in [4.69, 9.17) is 16.1 Å². The first-order valence-electron chi connectivity index (χ1n) is 10.1. The van der Waals surface area contributed by atoms with Gasteiger partial charge in [-0.25, -0.2) is 4.79 Å². The lowest BCUT2D eigenvalue weighted by atomic mass is 9.94. The maximum Gasteiger partial charge on any atom is 0.322 e. The fourth-order valence-corrected chi connectivity index (χ4v) is 4.57. The Balaban J connectivity index is 1.60. The van der Waals surface area contributed by atoms with E-state index in [0.29, 0.717) is 23.3 Å². The highest BCUT2D eigenvalue weighted by atomic mass is 35.5. The Morgan fingerprint density at radius 2 is 1.88 bits per heavy atom. The first-order chi connectivity index (χ1) is 15.6. The Kier molecular flexibility index (Phi) is 5.51. The number of urea groups is 1. The number of carbonyl (C=O) groups is 1. The van der Waals surface area contributed by atoms with Crippen molar-refractivity contribution in [2.45, 2.75) is 19.5 Å². The summed E-state index contributed by atoms with van der Waals surface area (Å²) in [6, 6.07) is 20.4. The zero-order chi connectivity index (χ0) is 22.1. The summed E-state index contributed by atoms with van der Waals surface area (Å²) in [5.74, 6) is 0.870. The number of hydrogen-bond donors (Lipinski definition) is 1. The van der Waals surface area contributed by atoms with E-state index in [2.05, 4.69) is 15.5 Å². The molecule has 0 fully saturated rings. The molecule has 8 heteroatoms. The van der Waals surface area contributed by atoms with Crippen molar-refractivity contribution < 1.29 is 9.32 Å². The number of rotatable bonds is 5. The lowest BCUT2D eigenvalue weighted by molar-refractivity contribution is 0.203. The number of benzene rings is 2. The molecule has 1 aliphatic rings. The van der Waals surface area contributed by atoms with Crippen molar-refractivity contribution >= 4 is 34.5 Å². The van der Waals surface area contributed by atoms with Crippen LogP contribution in [0.15, 0.2) is 82.3 Å². The number of thiophene rings is 1. The average Bonchev–Trinajstić information content (AvgIpc) is 3.50. The van der Waals surface area contributed by atoms with Gasteiger partial charge < -0.3 is 9.84 Å². The molecule has 3 heterocycles. The number of carbonyl (C=O) groups excluding carboxylic acids is 1. The van der Waals surface area contributed by atoms with Crippen LogP contribution in [0.1, 0.15) is 29.3 Å². The molecular formula is C24H19ClN4O2S. The van der Waals surface area contributed by atoms with Crippen molar-refractivity contribution in [3.8, 4) is 11.4 Å². The van der Waals surface area contributed by atoms with Crippen molar-refractivity contribution in [1.29, 1.82) is 0 Å². The Morgan fingerprint density at radius 3 is 2.59 bits per heavy atom. The summed E-state index contributed by atoms with van der Waals surface area (Å²) in [5, 5.41) is 9.92. The molecule has 4 aromatic rings. The van der Waals surface area contributed by atoms with Gasteiger partial charge in [-0.15, -0.1) is 11.3 Å². The van der Waals surface area contributed by atoms with Crippen LogP contribution in [-0.2, 0) is 6.54 Å². The first kappa shape index (κ1) is 20.5. The van der Waals surface area contributed by atoms with Gasteiger partial charge >= 0.3 is 6.03 Å². The molecule has 2 aromatic carbocycles. The third kappa shape index (κ3) is 3.92. The molecule has 5 rings (SSSR count). The zero-order valence-electron chi connectivity index (χ0n) is 17.2. The van der Waals surface area contributed by atoms with Crippen molar-refractivity contribution in [3.63, 3.8) is 0 Å². The fourth-order valence-electron chi connectivity index (χ4n) is 3.75. The minimum atomic E-state index is -0.441. The van der Waals surface area contributed by atoms with Gasteiger partial charge in [-0.3, -0.25) is 4.90 Å². The van der Waals surface area contributed by atoms with Crippen molar-refractivity contribution in [3.05, 3.63) is 99.2 Å². The van der Waals surface area contributed by atoms with E-state index in [9.17, 15) is 4.79 Å². The summed E-state index contributed by atoms with van der Waals surface area (Å²) in [7, 11) is 0. The van der Waals surface area contributed by atoms with Crippen LogP contribution in [0, 0.1) is 0 Å². The number of halogens is 1. The van der Waals surface area contributed by atoms with Crippen LogP contribution >= 0.6 is 22.9 Å². The van der Waals surface area contributed by atoms with Crippen molar-refractivity contribution in [2.24, 2.45) is 0 Å². The molecule has 2 aromatic heterocycles. The number of hydrogen-bond acceptors (Lipinski definition) is 5. The molecule has 32 heavy (non-hydrogen) atoms. The van der Waals surface area contributed by atoms with Gasteiger partial charge in [-0.1, -0.05) is 65.3 Å². The van der Waals surface area contributed by atoms with Crippen LogP contribution < -0.4 is 5.32 Å². The quantitative estimate of drug-likeness (QED) is 0.386. The fraction of sp³-hybridized carbons (Fsp3) is 0.125. The van der Waals surface area contributed by atoms with Gasteiger partial charge in [0, 0.05) is 21.2 Å². The minimum Gasteiger partial charge on any atom is -0.334 e. The van der Waals surface area contributed by atoms with Crippen LogP contribution in [0.3, 0.4) is 0 Å². The summed E-state index contributed by atoms with van der Waals surface area (Å²) >= 11 is 7.70. The molecule has 160 valence electrons. The van der Waals surface area contributed by atoms with Gasteiger partial charge in [0.15, 0.2) is 0 Å². The summed E-state index contributed by atoms with van der Waals surface area (Å²) in [4.78, 5) is 20.5. The Hall–Kier alpha value is -3.42. The van der Waals surface area contributed by atoms with Crippen molar-refractivity contribution in [2.75, 3.05) is 0 Å². The van der Waals surface area contributed by atoms with Gasteiger partial charge in [-0.2, -0.15) is 4.98 Å². The van der Waals surface area contributed by atoms with Crippen LogP contribution in [0.5, 0.6) is 0 Å². The molecule has 0 spiro atoms. The van der Waals surface area contributed by atoms with Gasteiger partial charge in [0.2, 0.25) is 5.82 Å². The lowest BCUT2D eigenvalue weighted by Crippen LogP contribution is -2.45. The van der Waals surface area contributed by atoms with Crippen molar-refractivity contribution in [1.82, 2.24) is 20.4 Å². The molecule has 0 saturated carbocycles. The molecule has 0 aliphatic carbocycles. The van der Waals surface area contributed by atoms with Gasteiger partial charge in [-0.05, 0) is 36.1 Å².